The SMILES string of the molecule is CCNC(=O)CNCCOc1ccccc1OCC. The van der Waals surface area contributed by atoms with Crippen LogP contribution in [0.15, 0.2) is 24.3 Å². The van der Waals surface area contributed by atoms with Gasteiger partial charge in [0, 0.05) is 13.1 Å². The maximum Gasteiger partial charge on any atom is 0.233 e. The van der Waals surface area contributed by atoms with Crippen molar-refractivity contribution in [3.05, 3.63) is 24.3 Å². The molecule has 0 aliphatic heterocycles. The molecular weight excluding hydrogens is 244 g/mol. The number of carbonyl (C=O) groups is 1. The lowest BCUT2D eigenvalue weighted by atomic mass is 10.3. The lowest BCUT2D eigenvalue weighted by molar-refractivity contribution is -0.120. The fraction of sp³-hybridized carbons (Fsp3) is 0.500. The van der Waals surface area contributed by atoms with Gasteiger partial charge in [0.2, 0.25) is 5.91 Å². The summed E-state index contributed by atoms with van der Waals surface area (Å²) in [5.41, 5.74) is 0. The van der Waals surface area contributed by atoms with Gasteiger partial charge in [-0.1, -0.05) is 12.1 Å². The van der Waals surface area contributed by atoms with E-state index in [1.54, 1.807) is 0 Å². The van der Waals surface area contributed by atoms with E-state index < -0.39 is 0 Å². The third kappa shape index (κ3) is 6.10. The number of rotatable bonds is 9. The molecule has 106 valence electrons. The maximum absolute atomic E-state index is 11.2. The first-order valence-electron chi connectivity index (χ1n) is 6.60. The van der Waals surface area contributed by atoms with Gasteiger partial charge in [-0.25, -0.2) is 0 Å². The highest BCUT2D eigenvalue weighted by atomic mass is 16.5. The van der Waals surface area contributed by atoms with E-state index in [-0.39, 0.29) is 5.91 Å². The second-order valence-corrected chi connectivity index (χ2v) is 3.86. The summed E-state index contributed by atoms with van der Waals surface area (Å²) in [5.74, 6) is 1.47. The monoisotopic (exact) mass is 266 g/mol. The molecule has 1 aromatic carbocycles. The number of likely N-dealkylation sites (N-methyl/N-ethyl adjacent to an activating group) is 1. The van der Waals surface area contributed by atoms with Crippen molar-refractivity contribution in [2.24, 2.45) is 0 Å². The fourth-order valence-corrected chi connectivity index (χ4v) is 1.54. The van der Waals surface area contributed by atoms with Gasteiger partial charge in [0.25, 0.3) is 0 Å². The summed E-state index contributed by atoms with van der Waals surface area (Å²) in [6.45, 7) is 6.50. The van der Waals surface area contributed by atoms with E-state index in [9.17, 15) is 4.79 Å². The third-order valence-corrected chi connectivity index (χ3v) is 2.34. The minimum atomic E-state index is -0.00258. The molecule has 0 aliphatic carbocycles. The van der Waals surface area contributed by atoms with Crippen molar-refractivity contribution in [2.45, 2.75) is 13.8 Å². The van der Waals surface area contributed by atoms with Crippen LogP contribution in [0.3, 0.4) is 0 Å². The lowest BCUT2D eigenvalue weighted by Crippen LogP contribution is -2.35. The Morgan fingerprint density at radius 2 is 1.84 bits per heavy atom. The average Bonchev–Trinajstić information content (AvgIpc) is 2.41. The first-order chi connectivity index (χ1) is 9.27. The van der Waals surface area contributed by atoms with Gasteiger partial charge in [-0.3, -0.25) is 4.79 Å². The molecule has 0 heterocycles. The summed E-state index contributed by atoms with van der Waals surface area (Å²) >= 11 is 0. The van der Waals surface area contributed by atoms with Crippen LogP contribution in [-0.4, -0.2) is 38.8 Å². The van der Waals surface area contributed by atoms with Gasteiger partial charge >= 0.3 is 0 Å². The Kier molecular flexibility index (Phi) is 7.43. The van der Waals surface area contributed by atoms with Crippen molar-refractivity contribution in [3.8, 4) is 11.5 Å². The summed E-state index contributed by atoms with van der Waals surface area (Å²) in [4.78, 5) is 11.2. The Labute approximate surface area is 114 Å². The van der Waals surface area contributed by atoms with Crippen LogP contribution in [0, 0.1) is 0 Å². The maximum atomic E-state index is 11.2. The van der Waals surface area contributed by atoms with E-state index in [1.165, 1.54) is 0 Å². The molecule has 0 fully saturated rings. The molecule has 1 aromatic rings. The number of hydrogen-bond donors (Lipinski definition) is 2. The van der Waals surface area contributed by atoms with Gasteiger partial charge in [0.1, 0.15) is 6.61 Å². The molecule has 5 heteroatoms. The number of carbonyl (C=O) groups excluding carboxylic acids is 1. The van der Waals surface area contributed by atoms with E-state index in [4.69, 9.17) is 9.47 Å². The zero-order valence-corrected chi connectivity index (χ0v) is 11.6. The Bertz CT molecular complexity index is 383. The van der Waals surface area contributed by atoms with Crippen LogP contribution in [0.25, 0.3) is 0 Å². The van der Waals surface area contributed by atoms with Crippen molar-refractivity contribution in [3.63, 3.8) is 0 Å². The van der Waals surface area contributed by atoms with Crippen LogP contribution in [-0.2, 0) is 4.79 Å². The molecule has 0 saturated carbocycles. The van der Waals surface area contributed by atoms with E-state index >= 15 is 0 Å². The smallest absolute Gasteiger partial charge is 0.233 e. The van der Waals surface area contributed by atoms with Gasteiger partial charge in [-0.15, -0.1) is 0 Å². The zero-order valence-electron chi connectivity index (χ0n) is 11.6. The Morgan fingerprint density at radius 3 is 2.47 bits per heavy atom. The lowest BCUT2D eigenvalue weighted by Gasteiger charge is -2.11. The number of amides is 1. The minimum absolute atomic E-state index is 0.00258. The molecule has 1 rings (SSSR count). The minimum Gasteiger partial charge on any atom is -0.490 e. The average molecular weight is 266 g/mol. The van der Waals surface area contributed by atoms with Crippen LogP contribution in [0.2, 0.25) is 0 Å². The van der Waals surface area contributed by atoms with Gasteiger partial charge < -0.3 is 20.1 Å². The summed E-state index contributed by atoms with van der Waals surface area (Å²) < 4.78 is 11.1. The zero-order chi connectivity index (χ0) is 13.9. The van der Waals surface area contributed by atoms with Crippen molar-refractivity contribution in [1.29, 1.82) is 0 Å². The van der Waals surface area contributed by atoms with Crippen LogP contribution in [0.4, 0.5) is 0 Å². The molecule has 0 unspecified atom stereocenters. The summed E-state index contributed by atoms with van der Waals surface area (Å²) in [5, 5.41) is 5.73. The first-order valence-corrected chi connectivity index (χ1v) is 6.60. The molecule has 0 atom stereocenters. The molecule has 0 aliphatic rings. The third-order valence-electron chi connectivity index (χ3n) is 2.34. The molecule has 0 radical (unpaired) electrons. The number of ether oxygens (including phenoxy) is 2. The molecule has 2 N–H and O–H groups in total. The second-order valence-electron chi connectivity index (χ2n) is 3.86. The standard InChI is InChI=1S/C14H22N2O3/c1-3-16-14(17)11-15-9-10-19-13-8-6-5-7-12(13)18-4-2/h5-8,15H,3-4,9-11H2,1-2H3,(H,16,17). The highest BCUT2D eigenvalue weighted by Crippen LogP contribution is 2.25. The molecule has 1 amide bonds. The topological polar surface area (TPSA) is 59.6 Å². The number of benzene rings is 1. The highest BCUT2D eigenvalue weighted by molar-refractivity contribution is 5.77. The van der Waals surface area contributed by atoms with Gasteiger partial charge in [-0.05, 0) is 26.0 Å². The predicted octanol–water partition coefficient (Wildman–Crippen LogP) is 1.19. The summed E-state index contributed by atoms with van der Waals surface area (Å²) in [6, 6.07) is 7.56. The number of nitrogens with one attached hydrogen (secondary N) is 2. The highest BCUT2D eigenvalue weighted by Gasteiger charge is 2.03. The van der Waals surface area contributed by atoms with E-state index in [0.717, 1.165) is 11.5 Å². The molecule has 19 heavy (non-hydrogen) atoms. The molecule has 0 bridgehead atoms. The Balaban J connectivity index is 2.24. The quantitative estimate of drug-likeness (QED) is 0.659. The predicted molar refractivity (Wildman–Crippen MR) is 74.7 cm³/mol. The van der Waals surface area contributed by atoms with E-state index in [0.29, 0.717) is 32.8 Å². The van der Waals surface area contributed by atoms with Gasteiger partial charge in [0.05, 0.1) is 13.2 Å². The molecule has 0 aromatic heterocycles. The number of hydrogen-bond acceptors (Lipinski definition) is 4. The second kappa shape index (κ2) is 9.22. The molecule has 5 nitrogen and oxygen atoms in total. The van der Waals surface area contributed by atoms with E-state index in [1.807, 2.05) is 38.1 Å². The van der Waals surface area contributed by atoms with Crippen LogP contribution in [0.5, 0.6) is 11.5 Å². The Hall–Kier alpha value is -1.75. The summed E-state index contributed by atoms with van der Waals surface area (Å²) in [6.07, 6.45) is 0. The Morgan fingerprint density at radius 1 is 1.16 bits per heavy atom. The van der Waals surface area contributed by atoms with Gasteiger partial charge in [-0.2, -0.15) is 0 Å². The summed E-state index contributed by atoms with van der Waals surface area (Å²) in [7, 11) is 0. The molecule has 0 spiro atoms. The first kappa shape index (κ1) is 15.3. The van der Waals surface area contributed by atoms with Crippen molar-refractivity contribution < 1.29 is 14.3 Å². The number of para-hydroxylation sites is 2. The van der Waals surface area contributed by atoms with Crippen LogP contribution < -0.4 is 20.1 Å². The van der Waals surface area contributed by atoms with Gasteiger partial charge in [0.15, 0.2) is 11.5 Å². The fourth-order valence-electron chi connectivity index (χ4n) is 1.54. The van der Waals surface area contributed by atoms with Crippen molar-refractivity contribution >= 4 is 5.91 Å². The normalized spacial score (nSPS) is 10.0. The van der Waals surface area contributed by atoms with Crippen molar-refractivity contribution in [2.75, 3.05) is 32.8 Å². The largest absolute Gasteiger partial charge is 0.490 e. The van der Waals surface area contributed by atoms with E-state index in [2.05, 4.69) is 10.6 Å². The molecule has 0 saturated heterocycles. The van der Waals surface area contributed by atoms with Crippen LogP contribution >= 0.6 is 0 Å². The molecular formula is C14H22N2O3. The van der Waals surface area contributed by atoms with Crippen molar-refractivity contribution in [1.82, 2.24) is 10.6 Å². The van der Waals surface area contributed by atoms with Crippen LogP contribution in [0.1, 0.15) is 13.8 Å².